The maximum Gasteiger partial charge on any atom is 0.348 e. The van der Waals surface area contributed by atoms with Crippen molar-refractivity contribution in [2.45, 2.75) is 58.7 Å². The topological polar surface area (TPSA) is 183 Å². The molecule has 0 saturated carbocycles. The largest absolute Gasteiger partial charge is 0.450 e. The summed E-state index contributed by atoms with van der Waals surface area (Å²) >= 11 is 0. The van der Waals surface area contributed by atoms with Crippen LogP contribution < -0.4 is 20.9 Å². The number of hydrogen-bond donors (Lipinski definition) is 2. The molecule has 0 fully saturated rings. The number of hydrogen-bond acceptors (Lipinski definition) is 12. The summed E-state index contributed by atoms with van der Waals surface area (Å²) in [4.78, 5) is 58.5. The molecule has 0 aliphatic rings. The molecule has 4 N–H and O–H groups in total. The molecule has 2 aromatic rings. The van der Waals surface area contributed by atoms with Crippen LogP contribution in [0.15, 0.2) is 43.5 Å². The highest BCUT2D eigenvalue weighted by Gasteiger charge is 2.40. The lowest BCUT2D eigenvalue weighted by molar-refractivity contribution is -0.179. The van der Waals surface area contributed by atoms with E-state index in [1.807, 2.05) is 6.92 Å². The molecule has 0 amide bonds. The van der Waals surface area contributed by atoms with Gasteiger partial charge in [-0.3, -0.25) is 24.4 Å². The fourth-order valence-electron chi connectivity index (χ4n) is 4.04. The third-order valence-electron chi connectivity index (χ3n) is 5.94. The molecule has 41 heavy (non-hydrogen) atoms. The minimum atomic E-state index is -1.41. The van der Waals surface area contributed by atoms with Crippen molar-refractivity contribution in [3.05, 3.63) is 71.8 Å². The van der Waals surface area contributed by atoms with Crippen LogP contribution >= 0.6 is 0 Å². The zero-order chi connectivity index (χ0) is 30.7. The Morgan fingerprint density at radius 3 is 2.00 bits per heavy atom. The Labute approximate surface area is 238 Å². The van der Waals surface area contributed by atoms with Crippen LogP contribution in [0.25, 0.3) is 0 Å². The van der Waals surface area contributed by atoms with Crippen molar-refractivity contribution in [3.63, 3.8) is 0 Å². The van der Waals surface area contributed by atoms with Crippen molar-refractivity contribution in [2.75, 3.05) is 13.1 Å². The summed E-state index contributed by atoms with van der Waals surface area (Å²) in [7, 11) is 0. The van der Waals surface area contributed by atoms with Gasteiger partial charge in [0.2, 0.25) is 6.10 Å². The van der Waals surface area contributed by atoms with Gasteiger partial charge in [-0.05, 0) is 38.5 Å². The van der Waals surface area contributed by atoms with E-state index in [9.17, 15) is 19.2 Å². The van der Waals surface area contributed by atoms with Gasteiger partial charge in [-0.25, -0.2) is 4.79 Å². The molecule has 0 spiro atoms. The predicted octanol–water partition coefficient (Wildman–Crippen LogP) is 2.20. The van der Waals surface area contributed by atoms with Gasteiger partial charge in [0.05, 0.1) is 30.2 Å². The van der Waals surface area contributed by atoms with Gasteiger partial charge in [0, 0.05) is 26.2 Å². The second-order valence-electron chi connectivity index (χ2n) is 9.17. The smallest absolute Gasteiger partial charge is 0.348 e. The molecule has 0 bridgehead atoms. The molecule has 12 nitrogen and oxygen atoms in total. The first-order valence-corrected chi connectivity index (χ1v) is 12.8. The zero-order valence-corrected chi connectivity index (χ0v) is 23.7. The minimum Gasteiger partial charge on any atom is -0.450 e. The molecule has 12 heteroatoms. The van der Waals surface area contributed by atoms with Crippen LogP contribution in [0.1, 0.15) is 48.1 Å². The second-order valence-corrected chi connectivity index (χ2v) is 9.17. The molecule has 1 unspecified atom stereocenters. The van der Waals surface area contributed by atoms with E-state index in [1.54, 1.807) is 26.0 Å². The van der Waals surface area contributed by atoms with Gasteiger partial charge in [0.1, 0.15) is 5.69 Å². The number of nitrogens with zero attached hydrogens (tertiary/aromatic N) is 2. The van der Waals surface area contributed by atoms with Crippen molar-refractivity contribution in [1.82, 2.24) is 9.97 Å². The van der Waals surface area contributed by atoms with E-state index >= 15 is 0 Å². The standard InChI is InChI=1S/C29H36N4O8/c1-7-11-29(12-8-2,27-19(5)32-17(3)18(4)33-27)41-28(37)24(38-20(6)34)14-21-9-10-22(39-25(35)15-30)23(13-21)40-26(36)16-31/h7-10,13,24H,1-2,11-12,14-16,30-31H2,3-6H3. The highest BCUT2D eigenvalue weighted by molar-refractivity contribution is 5.80. The normalized spacial score (nSPS) is 11.7. The molecular weight excluding hydrogens is 532 g/mol. The Morgan fingerprint density at radius 1 is 0.902 bits per heavy atom. The van der Waals surface area contributed by atoms with Crippen molar-refractivity contribution in [1.29, 1.82) is 0 Å². The third-order valence-corrected chi connectivity index (χ3v) is 5.94. The van der Waals surface area contributed by atoms with E-state index in [-0.39, 0.29) is 30.8 Å². The first-order chi connectivity index (χ1) is 19.4. The number of benzene rings is 1. The summed E-state index contributed by atoms with van der Waals surface area (Å²) in [6.45, 7) is 13.3. The van der Waals surface area contributed by atoms with Crippen LogP contribution in [-0.2, 0) is 40.7 Å². The maximum absolute atomic E-state index is 13.6. The molecular formula is C29H36N4O8. The Balaban J connectivity index is 2.51. The first-order valence-electron chi connectivity index (χ1n) is 12.8. The van der Waals surface area contributed by atoms with Crippen LogP contribution in [0.5, 0.6) is 11.5 Å². The summed E-state index contributed by atoms with van der Waals surface area (Å²) in [5.74, 6) is -3.38. The number of ether oxygens (including phenoxy) is 4. The van der Waals surface area contributed by atoms with Crippen LogP contribution in [-0.4, -0.2) is 53.0 Å². The lowest BCUT2D eigenvalue weighted by atomic mass is 9.89. The number of nitrogens with two attached hydrogens (primary N) is 2. The summed E-state index contributed by atoms with van der Waals surface area (Å²) in [5.41, 5.74) is 12.1. The van der Waals surface area contributed by atoms with Gasteiger partial charge in [-0.2, -0.15) is 0 Å². The maximum atomic E-state index is 13.6. The van der Waals surface area contributed by atoms with Gasteiger partial charge in [0.15, 0.2) is 17.1 Å². The fraction of sp³-hybridized carbons (Fsp3) is 0.379. The monoisotopic (exact) mass is 568 g/mol. The van der Waals surface area contributed by atoms with Crippen LogP contribution in [0, 0.1) is 20.8 Å². The fourth-order valence-corrected chi connectivity index (χ4v) is 4.04. The number of aryl methyl sites for hydroxylation is 3. The molecule has 0 radical (unpaired) electrons. The van der Waals surface area contributed by atoms with E-state index in [0.717, 1.165) is 12.6 Å². The Kier molecular flexibility index (Phi) is 11.9. The molecule has 2 rings (SSSR count). The Morgan fingerprint density at radius 2 is 1.46 bits per heavy atom. The van der Waals surface area contributed by atoms with Crippen molar-refractivity contribution in [2.24, 2.45) is 11.5 Å². The van der Waals surface area contributed by atoms with Crippen molar-refractivity contribution >= 4 is 23.9 Å². The summed E-state index contributed by atoms with van der Waals surface area (Å²) in [6, 6.07) is 4.21. The first kappa shape index (κ1) is 32.8. The number of rotatable bonds is 14. The van der Waals surface area contributed by atoms with E-state index in [2.05, 4.69) is 23.1 Å². The molecule has 1 atom stereocenters. The summed E-state index contributed by atoms with van der Waals surface area (Å²) in [5, 5.41) is 0. The van der Waals surface area contributed by atoms with E-state index < -0.39 is 48.7 Å². The van der Waals surface area contributed by atoms with Crippen molar-refractivity contribution in [3.8, 4) is 11.5 Å². The molecule has 1 heterocycles. The Hall–Kier alpha value is -4.42. The van der Waals surface area contributed by atoms with Gasteiger partial charge in [-0.1, -0.05) is 18.2 Å². The van der Waals surface area contributed by atoms with Gasteiger partial charge < -0.3 is 30.4 Å². The second kappa shape index (κ2) is 14.8. The quantitative estimate of drug-likeness (QED) is 0.193. The van der Waals surface area contributed by atoms with Gasteiger partial charge in [0.25, 0.3) is 0 Å². The molecule has 220 valence electrons. The minimum absolute atomic E-state index is 0.0858. The highest BCUT2D eigenvalue weighted by Crippen LogP contribution is 2.36. The zero-order valence-electron chi connectivity index (χ0n) is 23.7. The Bertz CT molecular complexity index is 1310. The number of esters is 4. The number of aromatic nitrogens is 2. The lowest BCUT2D eigenvalue weighted by Crippen LogP contribution is -2.40. The summed E-state index contributed by atoms with van der Waals surface area (Å²) in [6.07, 6.45) is 1.95. The molecule has 0 aliphatic heterocycles. The highest BCUT2D eigenvalue weighted by atomic mass is 16.6. The SMILES string of the molecule is C=CCC(CC=C)(OC(=O)C(Cc1ccc(OC(=O)CN)c(OC(=O)CN)c1)OC(C)=O)c1nc(C)c(C)nc1C. The average Bonchev–Trinajstić information content (AvgIpc) is 2.91. The van der Waals surface area contributed by atoms with Crippen molar-refractivity contribution < 1.29 is 38.1 Å². The van der Waals surface area contributed by atoms with E-state index in [4.69, 9.17) is 30.4 Å². The molecule has 1 aromatic carbocycles. The average molecular weight is 569 g/mol. The number of carbonyl (C=O) groups is 4. The summed E-state index contributed by atoms with van der Waals surface area (Å²) < 4.78 is 21.7. The third kappa shape index (κ3) is 8.78. The molecule has 1 aromatic heterocycles. The predicted molar refractivity (Wildman–Crippen MR) is 149 cm³/mol. The van der Waals surface area contributed by atoms with Crippen LogP contribution in [0.4, 0.5) is 0 Å². The van der Waals surface area contributed by atoms with Gasteiger partial charge in [-0.15, -0.1) is 13.2 Å². The van der Waals surface area contributed by atoms with Crippen LogP contribution in [0.2, 0.25) is 0 Å². The number of carbonyl (C=O) groups excluding carboxylic acids is 4. The van der Waals surface area contributed by atoms with Gasteiger partial charge >= 0.3 is 23.9 Å². The van der Waals surface area contributed by atoms with Crippen LogP contribution in [0.3, 0.4) is 0 Å². The van der Waals surface area contributed by atoms with E-state index in [0.29, 0.717) is 22.6 Å². The molecule has 0 aliphatic carbocycles. The lowest BCUT2D eigenvalue weighted by Gasteiger charge is -2.34. The van der Waals surface area contributed by atoms with E-state index in [1.165, 1.54) is 18.2 Å². The molecule has 0 saturated heterocycles.